The predicted molar refractivity (Wildman–Crippen MR) is 82.9 cm³/mol. The highest BCUT2D eigenvalue weighted by Crippen LogP contribution is 2.46. The summed E-state index contributed by atoms with van der Waals surface area (Å²) in [5, 5.41) is 0.663. The summed E-state index contributed by atoms with van der Waals surface area (Å²) in [5.41, 5.74) is 0.576. The minimum Gasteiger partial charge on any atom is -0.378 e. The predicted octanol–water partition coefficient (Wildman–Crippen LogP) is 2.82. The molecule has 116 valence electrons. The van der Waals surface area contributed by atoms with Crippen LogP contribution in [-0.2, 0) is 20.3 Å². The number of hydrogen-bond acceptors (Lipinski definition) is 3. The summed E-state index contributed by atoms with van der Waals surface area (Å²) in [4.78, 5) is 0. The largest absolute Gasteiger partial charge is 0.378 e. The lowest BCUT2D eigenvalue weighted by Gasteiger charge is -2.19. The number of sulfonamides is 1. The van der Waals surface area contributed by atoms with Gasteiger partial charge < -0.3 is 4.74 Å². The monoisotopic (exact) mass is 329 g/mol. The van der Waals surface area contributed by atoms with E-state index in [-0.39, 0.29) is 11.9 Å². The van der Waals surface area contributed by atoms with Crippen LogP contribution in [-0.4, -0.2) is 26.9 Å². The molecule has 1 atom stereocenters. The second kappa shape index (κ2) is 5.88. The Hall–Kier alpha value is -0.620. The van der Waals surface area contributed by atoms with E-state index in [9.17, 15) is 8.42 Å². The third-order valence-electron chi connectivity index (χ3n) is 4.23. The average molecular weight is 330 g/mol. The van der Waals surface area contributed by atoms with Gasteiger partial charge in [0, 0.05) is 11.6 Å². The summed E-state index contributed by atoms with van der Waals surface area (Å²) >= 11 is 5.89. The SMILES string of the molecule is O=S(=O)(CC[C@@H]1CCCO1)NC1(c2ccc(Cl)cc2)CC1. The molecule has 4 nitrogen and oxygen atoms in total. The topological polar surface area (TPSA) is 55.4 Å². The first-order valence-electron chi connectivity index (χ1n) is 7.38. The fourth-order valence-corrected chi connectivity index (χ4v) is 4.57. The number of halogens is 1. The Bertz CT molecular complexity index is 590. The molecule has 1 N–H and O–H groups in total. The van der Waals surface area contributed by atoms with Gasteiger partial charge in [-0.2, -0.15) is 0 Å². The molecular formula is C15H20ClNO3S. The molecule has 1 aliphatic carbocycles. The van der Waals surface area contributed by atoms with E-state index in [1.54, 1.807) is 12.1 Å². The summed E-state index contributed by atoms with van der Waals surface area (Å²) in [6, 6.07) is 7.41. The number of ether oxygens (including phenoxy) is 1. The Morgan fingerprint density at radius 3 is 2.57 bits per heavy atom. The van der Waals surface area contributed by atoms with Gasteiger partial charge in [-0.1, -0.05) is 23.7 Å². The maximum absolute atomic E-state index is 12.3. The number of hydrogen-bond donors (Lipinski definition) is 1. The highest BCUT2D eigenvalue weighted by Gasteiger charge is 2.47. The lowest BCUT2D eigenvalue weighted by molar-refractivity contribution is 0.108. The zero-order valence-electron chi connectivity index (χ0n) is 11.8. The van der Waals surface area contributed by atoms with E-state index in [1.807, 2.05) is 12.1 Å². The summed E-state index contributed by atoms with van der Waals surface area (Å²) in [5.74, 6) is 0.132. The minimum absolute atomic E-state index is 0.104. The van der Waals surface area contributed by atoms with Crippen LogP contribution in [0, 0.1) is 0 Å². The van der Waals surface area contributed by atoms with Gasteiger partial charge in [-0.3, -0.25) is 0 Å². The van der Waals surface area contributed by atoms with E-state index in [2.05, 4.69) is 4.72 Å². The van der Waals surface area contributed by atoms with E-state index in [0.717, 1.165) is 37.9 Å². The van der Waals surface area contributed by atoms with Gasteiger partial charge in [0.1, 0.15) is 0 Å². The quantitative estimate of drug-likeness (QED) is 0.873. The molecule has 1 aromatic rings. The molecule has 1 heterocycles. The van der Waals surface area contributed by atoms with Gasteiger partial charge >= 0.3 is 0 Å². The molecule has 0 spiro atoms. The summed E-state index contributed by atoms with van der Waals surface area (Å²) < 4.78 is 32.9. The van der Waals surface area contributed by atoms with Gasteiger partial charge in [0.05, 0.1) is 17.4 Å². The summed E-state index contributed by atoms with van der Waals surface area (Å²) in [7, 11) is -3.29. The van der Waals surface area contributed by atoms with Crippen molar-refractivity contribution in [2.45, 2.75) is 43.7 Å². The first-order valence-corrected chi connectivity index (χ1v) is 9.41. The van der Waals surface area contributed by atoms with Gasteiger partial charge in [0.15, 0.2) is 0 Å². The van der Waals surface area contributed by atoms with E-state index >= 15 is 0 Å². The van der Waals surface area contributed by atoms with Crippen molar-refractivity contribution in [3.63, 3.8) is 0 Å². The molecule has 1 aliphatic heterocycles. The lowest BCUT2D eigenvalue weighted by Crippen LogP contribution is -2.37. The van der Waals surface area contributed by atoms with Crippen LogP contribution in [0.3, 0.4) is 0 Å². The molecule has 2 fully saturated rings. The molecule has 1 aromatic carbocycles. The van der Waals surface area contributed by atoms with E-state index in [0.29, 0.717) is 11.4 Å². The fourth-order valence-electron chi connectivity index (χ4n) is 2.85. The van der Waals surface area contributed by atoms with Crippen LogP contribution in [0.4, 0.5) is 0 Å². The average Bonchev–Trinajstić information content (AvgIpc) is 3.02. The van der Waals surface area contributed by atoms with Crippen molar-refractivity contribution >= 4 is 21.6 Å². The third kappa shape index (κ3) is 3.77. The van der Waals surface area contributed by atoms with Crippen molar-refractivity contribution in [2.75, 3.05) is 12.4 Å². The first kappa shape index (κ1) is 15.3. The van der Waals surface area contributed by atoms with Crippen LogP contribution in [0.2, 0.25) is 5.02 Å². The molecule has 2 aliphatic rings. The molecule has 0 amide bonds. The second-order valence-corrected chi connectivity index (χ2v) is 8.21. The molecule has 1 saturated carbocycles. The molecule has 0 bridgehead atoms. The van der Waals surface area contributed by atoms with E-state index in [4.69, 9.17) is 16.3 Å². The first-order chi connectivity index (χ1) is 9.99. The van der Waals surface area contributed by atoms with Crippen molar-refractivity contribution in [3.8, 4) is 0 Å². The minimum atomic E-state index is -3.29. The molecule has 0 unspecified atom stereocenters. The Balaban J connectivity index is 1.62. The zero-order valence-corrected chi connectivity index (χ0v) is 13.4. The Labute approximate surface area is 130 Å². The van der Waals surface area contributed by atoms with Crippen molar-refractivity contribution in [1.29, 1.82) is 0 Å². The van der Waals surface area contributed by atoms with Gasteiger partial charge in [-0.15, -0.1) is 0 Å². The van der Waals surface area contributed by atoms with Gasteiger partial charge in [-0.25, -0.2) is 13.1 Å². The third-order valence-corrected chi connectivity index (χ3v) is 5.96. The number of rotatable bonds is 6. The van der Waals surface area contributed by atoms with Crippen molar-refractivity contribution in [2.24, 2.45) is 0 Å². The van der Waals surface area contributed by atoms with Crippen LogP contribution in [0.15, 0.2) is 24.3 Å². The maximum atomic E-state index is 12.3. The zero-order chi connectivity index (χ0) is 14.9. The highest BCUT2D eigenvalue weighted by atomic mass is 35.5. The molecular weight excluding hydrogens is 310 g/mol. The van der Waals surface area contributed by atoms with Crippen LogP contribution < -0.4 is 4.72 Å². The van der Waals surface area contributed by atoms with Gasteiger partial charge in [-0.05, 0) is 49.8 Å². The fraction of sp³-hybridized carbons (Fsp3) is 0.600. The van der Waals surface area contributed by atoms with Gasteiger partial charge in [0.25, 0.3) is 0 Å². The second-order valence-electron chi connectivity index (χ2n) is 5.93. The lowest BCUT2D eigenvalue weighted by atomic mass is 10.1. The normalized spacial score (nSPS) is 24.1. The molecule has 6 heteroatoms. The van der Waals surface area contributed by atoms with Gasteiger partial charge in [0.2, 0.25) is 10.0 Å². The number of benzene rings is 1. The van der Waals surface area contributed by atoms with Crippen LogP contribution in [0.1, 0.15) is 37.7 Å². The summed E-state index contributed by atoms with van der Waals surface area (Å²) in [6.45, 7) is 0.757. The molecule has 3 rings (SSSR count). The Kier molecular flexibility index (Phi) is 4.28. The molecule has 0 radical (unpaired) electrons. The Morgan fingerprint density at radius 2 is 2.00 bits per heavy atom. The van der Waals surface area contributed by atoms with Crippen LogP contribution in [0.5, 0.6) is 0 Å². The van der Waals surface area contributed by atoms with Crippen LogP contribution in [0.25, 0.3) is 0 Å². The molecule has 1 saturated heterocycles. The number of nitrogens with one attached hydrogen (secondary N) is 1. The molecule has 0 aromatic heterocycles. The maximum Gasteiger partial charge on any atom is 0.212 e. The van der Waals surface area contributed by atoms with Crippen LogP contribution >= 0.6 is 11.6 Å². The highest BCUT2D eigenvalue weighted by molar-refractivity contribution is 7.89. The van der Waals surface area contributed by atoms with Crippen molar-refractivity contribution < 1.29 is 13.2 Å². The van der Waals surface area contributed by atoms with Crippen molar-refractivity contribution in [1.82, 2.24) is 4.72 Å². The smallest absolute Gasteiger partial charge is 0.212 e. The van der Waals surface area contributed by atoms with Crippen molar-refractivity contribution in [3.05, 3.63) is 34.9 Å². The summed E-state index contributed by atoms with van der Waals surface area (Å²) in [6.07, 6.45) is 4.37. The Morgan fingerprint density at radius 1 is 1.29 bits per heavy atom. The molecule has 21 heavy (non-hydrogen) atoms. The van der Waals surface area contributed by atoms with E-state index in [1.165, 1.54) is 0 Å². The van der Waals surface area contributed by atoms with E-state index < -0.39 is 15.6 Å². The standard InChI is InChI=1S/C15H20ClNO3S/c16-13-5-3-12(4-6-13)15(8-9-15)17-21(18,19)11-7-14-2-1-10-20-14/h3-6,14,17H,1-2,7-11H2/t14-/m0/s1.